The lowest BCUT2D eigenvalue weighted by molar-refractivity contribution is 0.103. The fourth-order valence-corrected chi connectivity index (χ4v) is 2.70. The maximum absolute atomic E-state index is 12.5. The molecular formula is C15H10ClIO2. The van der Waals surface area contributed by atoms with Crippen LogP contribution in [0, 0.1) is 3.57 Å². The van der Waals surface area contributed by atoms with Crippen molar-refractivity contribution in [3.05, 3.63) is 61.7 Å². The second-order valence-corrected chi connectivity index (χ2v) is 5.92. The molecule has 4 heteroatoms. The van der Waals surface area contributed by atoms with Crippen LogP contribution in [0.25, 0.3) is 0 Å². The first-order chi connectivity index (χ1) is 9.16. The maximum Gasteiger partial charge on any atom is 0.196 e. The number of hydrogen-bond donors (Lipinski definition) is 0. The van der Waals surface area contributed by atoms with Crippen molar-refractivity contribution >= 4 is 40.0 Å². The topological polar surface area (TPSA) is 26.3 Å². The number of rotatable bonds is 2. The molecule has 0 aliphatic carbocycles. The Labute approximate surface area is 129 Å². The van der Waals surface area contributed by atoms with Gasteiger partial charge in [0.05, 0.1) is 17.2 Å². The molecule has 1 heterocycles. The Kier molecular flexibility index (Phi) is 3.50. The molecule has 0 fully saturated rings. The smallest absolute Gasteiger partial charge is 0.196 e. The highest BCUT2D eigenvalue weighted by atomic mass is 127. The molecule has 0 unspecified atom stereocenters. The quantitative estimate of drug-likeness (QED) is 0.575. The molecule has 0 saturated heterocycles. The van der Waals surface area contributed by atoms with Gasteiger partial charge in [0.15, 0.2) is 5.78 Å². The number of hydrogen-bond acceptors (Lipinski definition) is 2. The highest BCUT2D eigenvalue weighted by Gasteiger charge is 2.21. The molecule has 0 N–H and O–H groups in total. The number of carbonyl (C=O) groups excluding carboxylic acids is 1. The molecule has 0 aromatic heterocycles. The fraction of sp³-hybridized carbons (Fsp3) is 0.133. The second kappa shape index (κ2) is 5.13. The molecular weight excluding hydrogens is 375 g/mol. The third kappa shape index (κ3) is 2.37. The van der Waals surface area contributed by atoms with Crippen LogP contribution in [0.5, 0.6) is 5.75 Å². The number of ketones is 1. The number of fused-ring (bicyclic) bond motifs is 1. The second-order valence-electron chi connectivity index (χ2n) is 4.35. The Morgan fingerprint density at radius 3 is 2.89 bits per heavy atom. The van der Waals surface area contributed by atoms with Gasteiger partial charge in [-0.15, -0.1) is 0 Å². The molecule has 0 saturated carbocycles. The first-order valence-electron chi connectivity index (χ1n) is 5.91. The molecule has 96 valence electrons. The van der Waals surface area contributed by atoms with E-state index in [4.69, 9.17) is 16.3 Å². The number of halogens is 2. The van der Waals surface area contributed by atoms with Crippen molar-refractivity contribution in [3.8, 4) is 5.75 Å². The van der Waals surface area contributed by atoms with Crippen LogP contribution in [0.4, 0.5) is 0 Å². The molecule has 0 spiro atoms. The van der Waals surface area contributed by atoms with Gasteiger partial charge in [0, 0.05) is 15.6 Å². The van der Waals surface area contributed by atoms with E-state index in [1.165, 1.54) is 0 Å². The SMILES string of the molecule is O=C(c1ccc(I)c(Cl)c1)c1cccc2c1OCC2. The normalized spacial score (nSPS) is 12.9. The van der Waals surface area contributed by atoms with Crippen molar-refractivity contribution in [1.82, 2.24) is 0 Å². The molecule has 2 aromatic carbocycles. The van der Waals surface area contributed by atoms with Crippen LogP contribution >= 0.6 is 34.2 Å². The summed E-state index contributed by atoms with van der Waals surface area (Å²) in [6.07, 6.45) is 0.865. The summed E-state index contributed by atoms with van der Waals surface area (Å²) in [5, 5.41) is 0.597. The summed E-state index contributed by atoms with van der Waals surface area (Å²) in [7, 11) is 0. The average Bonchev–Trinajstić information content (AvgIpc) is 2.89. The molecule has 3 rings (SSSR count). The minimum absolute atomic E-state index is 0.0444. The number of para-hydroxylation sites is 1. The summed E-state index contributed by atoms with van der Waals surface area (Å²) in [6, 6.07) is 11.1. The van der Waals surface area contributed by atoms with Crippen molar-refractivity contribution < 1.29 is 9.53 Å². The van der Waals surface area contributed by atoms with E-state index in [0.717, 1.165) is 21.3 Å². The standard InChI is InChI=1S/C15H10ClIO2/c16-12-8-10(4-5-13(12)17)14(18)11-3-1-2-9-6-7-19-15(9)11/h1-5,8H,6-7H2. The molecule has 19 heavy (non-hydrogen) atoms. The largest absolute Gasteiger partial charge is 0.492 e. The van der Waals surface area contributed by atoms with Gasteiger partial charge in [0.1, 0.15) is 5.75 Å². The number of ether oxygens (including phenoxy) is 1. The molecule has 0 radical (unpaired) electrons. The van der Waals surface area contributed by atoms with Crippen molar-refractivity contribution in [1.29, 1.82) is 0 Å². The third-order valence-electron chi connectivity index (χ3n) is 3.14. The molecule has 1 aliphatic rings. The van der Waals surface area contributed by atoms with Crippen LogP contribution in [0.2, 0.25) is 5.02 Å². The average molecular weight is 385 g/mol. The zero-order valence-corrected chi connectivity index (χ0v) is 12.9. The first kappa shape index (κ1) is 12.9. The third-order valence-corrected chi connectivity index (χ3v) is 4.71. The molecule has 2 nitrogen and oxygen atoms in total. The van der Waals surface area contributed by atoms with E-state index in [9.17, 15) is 4.79 Å². The van der Waals surface area contributed by atoms with Gasteiger partial charge in [-0.1, -0.05) is 23.7 Å². The van der Waals surface area contributed by atoms with Crippen LogP contribution in [0.15, 0.2) is 36.4 Å². The van der Waals surface area contributed by atoms with E-state index in [1.807, 2.05) is 18.2 Å². The predicted molar refractivity (Wildman–Crippen MR) is 83.2 cm³/mol. The molecule has 0 atom stereocenters. The predicted octanol–water partition coefficient (Wildman–Crippen LogP) is 4.11. The number of benzene rings is 2. The van der Waals surface area contributed by atoms with Crippen LogP contribution in [0.1, 0.15) is 21.5 Å². The Morgan fingerprint density at radius 1 is 1.26 bits per heavy atom. The maximum atomic E-state index is 12.5. The summed E-state index contributed by atoms with van der Waals surface area (Å²) >= 11 is 8.21. The lowest BCUT2D eigenvalue weighted by Gasteiger charge is -2.07. The summed E-state index contributed by atoms with van der Waals surface area (Å²) in [4.78, 5) is 12.5. The van der Waals surface area contributed by atoms with Crippen molar-refractivity contribution in [3.63, 3.8) is 0 Å². The van der Waals surface area contributed by atoms with Crippen molar-refractivity contribution in [2.45, 2.75) is 6.42 Å². The molecule has 1 aliphatic heterocycles. The first-order valence-corrected chi connectivity index (χ1v) is 7.37. The van der Waals surface area contributed by atoms with E-state index < -0.39 is 0 Å². The number of carbonyl (C=O) groups is 1. The molecule has 2 aromatic rings. The van der Waals surface area contributed by atoms with Gasteiger partial charge < -0.3 is 4.74 Å². The van der Waals surface area contributed by atoms with Gasteiger partial charge in [0.2, 0.25) is 0 Å². The Hall–Kier alpha value is -1.07. The van der Waals surface area contributed by atoms with Crippen molar-refractivity contribution in [2.75, 3.05) is 6.61 Å². The summed E-state index contributed by atoms with van der Waals surface area (Å²) in [6.45, 7) is 0.646. The molecule has 0 bridgehead atoms. The fourth-order valence-electron chi connectivity index (χ4n) is 2.19. The lowest BCUT2D eigenvalue weighted by Crippen LogP contribution is -2.04. The van der Waals surface area contributed by atoms with E-state index in [2.05, 4.69) is 22.6 Å². The van der Waals surface area contributed by atoms with Crippen molar-refractivity contribution in [2.24, 2.45) is 0 Å². The van der Waals surface area contributed by atoms with Crippen LogP contribution in [-0.2, 0) is 6.42 Å². The van der Waals surface area contributed by atoms with Crippen LogP contribution in [-0.4, -0.2) is 12.4 Å². The van der Waals surface area contributed by atoms with E-state index in [0.29, 0.717) is 22.8 Å². The van der Waals surface area contributed by atoms with Gasteiger partial charge in [-0.05, 0) is 52.4 Å². The lowest BCUT2D eigenvalue weighted by atomic mass is 10.00. The highest BCUT2D eigenvalue weighted by Crippen LogP contribution is 2.31. The Morgan fingerprint density at radius 2 is 2.11 bits per heavy atom. The van der Waals surface area contributed by atoms with E-state index >= 15 is 0 Å². The Balaban J connectivity index is 2.05. The van der Waals surface area contributed by atoms with Gasteiger partial charge in [0.25, 0.3) is 0 Å². The van der Waals surface area contributed by atoms with Gasteiger partial charge >= 0.3 is 0 Å². The summed E-state index contributed by atoms with van der Waals surface area (Å²) in [5.41, 5.74) is 2.31. The minimum atomic E-state index is -0.0444. The van der Waals surface area contributed by atoms with Gasteiger partial charge in [-0.25, -0.2) is 0 Å². The summed E-state index contributed by atoms with van der Waals surface area (Å²) in [5.74, 6) is 0.680. The monoisotopic (exact) mass is 384 g/mol. The van der Waals surface area contributed by atoms with Crippen LogP contribution < -0.4 is 4.74 Å². The highest BCUT2D eigenvalue weighted by molar-refractivity contribution is 14.1. The van der Waals surface area contributed by atoms with Crippen LogP contribution in [0.3, 0.4) is 0 Å². The zero-order chi connectivity index (χ0) is 13.4. The minimum Gasteiger partial charge on any atom is -0.492 e. The van der Waals surface area contributed by atoms with Gasteiger partial charge in [-0.2, -0.15) is 0 Å². The Bertz CT molecular complexity index is 667. The molecule has 0 amide bonds. The van der Waals surface area contributed by atoms with E-state index in [-0.39, 0.29) is 5.78 Å². The van der Waals surface area contributed by atoms with Gasteiger partial charge in [-0.3, -0.25) is 4.79 Å². The van der Waals surface area contributed by atoms with E-state index in [1.54, 1.807) is 18.2 Å². The zero-order valence-electron chi connectivity index (χ0n) is 9.95. The summed E-state index contributed by atoms with van der Waals surface area (Å²) < 4.78 is 6.51.